The van der Waals surface area contributed by atoms with Gasteiger partial charge in [0.1, 0.15) is 0 Å². The summed E-state index contributed by atoms with van der Waals surface area (Å²) in [6.07, 6.45) is 24.1. The molecule has 0 aromatic heterocycles. The third-order valence-corrected chi connectivity index (χ3v) is 19.3. The van der Waals surface area contributed by atoms with Crippen LogP contribution < -0.4 is 10.9 Å². The van der Waals surface area contributed by atoms with E-state index in [0.29, 0.717) is 0 Å². The molecule has 0 saturated carbocycles. The van der Waals surface area contributed by atoms with Crippen LogP contribution in [0.1, 0.15) is 137 Å². The molecule has 10 rings (SSSR count). The van der Waals surface area contributed by atoms with E-state index in [4.69, 9.17) is 0 Å². The van der Waals surface area contributed by atoms with Gasteiger partial charge in [0.2, 0.25) is 6.71 Å². The normalized spacial score (nSPS) is 14.1. The Hall–Kier alpha value is -8.96. The molecule has 1 aliphatic carbocycles. The van der Waals surface area contributed by atoms with Crippen LogP contribution in [0.25, 0.3) is 77.9 Å². The first kappa shape index (κ1) is 69.5. The molecule has 91 heavy (non-hydrogen) atoms. The minimum atomic E-state index is -0.0115. The van der Waals surface area contributed by atoms with Gasteiger partial charge in [-0.3, -0.25) is 0 Å². The second-order valence-electron chi connectivity index (χ2n) is 24.2. The van der Waals surface area contributed by atoms with Crippen molar-refractivity contribution in [1.82, 2.24) is 0 Å². The Morgan fingerprint density at radius 2 is 0.725 bits per heavy atom. The predicted octanol–water partition coefficient (Wildman–Crippen LogP) is 24.3. The van der Waals surface area contributed by atoms with Crippen LogP contribution in [0.15, 0.2) is 235 Å². The summed E-state index contributed by atoms with van der Waals surface area (Å²) in [6.45, 7) is 43.7. The van der Waals surface area contributed by atoms with Crippen molar-refractivity contribution in [1.29, 1.82) is 0 Å². The Kier molecular flexibility index (Phi) is 24.6. The molecule has 0 saturated heterocycles. The lowest BCUT2D eigenvalue weighted by atomic mass is 9.30. The van der Waals surface area contributed by atoms with E-state index in [1.54, 1.807) is 0 Å². The van der Waals surface area contributed by atoms with E-state index >= 15 is 0 Å². The zero-order chi connectivity index (χ0) is 66.2. The summed E-state index contributed by atoms with van der Waals surface area (Å²) in [5.41, 5.74) is 39.8. The van der Waals surface area contributed by atoms with Crippen molar-refractivity contribution in [3.63, 3.8) is 0 Å². The zero-order valence-corrected chi connectivity index (χ0v) is 58.4. The number of hydrogen-bond acceptors (Lipinski definition) is 0. The summed E-state index contributed by atoms with van der Waals surface area (Å²) in [5.74, 6) is 0.450. The number of terminal acetylenes is 1. The molecule has 1 aliphatic rings. The molecule has 462 valence electrons. The fraction of sp³-hybridized carbons (Fsp3) is 0.244. The van der Waals surface area contributed by atoms with E-state index in [1.807, 2.05) is 27.7 Å². The predicted molar refractivity (Wildman–Crippen MR) is 407 cm³/mol. The third-order valence-electron chi connectivity index (χ3n) is 19.3. The molecule has 9 aromatic rings. The van der Waals surface area contributed by atoms with Gasteiger partial charge in [0, 0.05) is 0 Å². The highest BCUT2D eigenvalue weighted by Gasteiger charge is 2.41. The maximum atomic E-state index is 4.00. The highest BCUT2D eigenvalue weighted by Crippen LogP contribution is 2.47. The molecule has 0 nitrogen and oxygen atoms in total. The fourth-order valence-corrected chi connectivity index (χ4v) is 14.1. The summed E-state index contributed by atoms with van der Waals surface area (Å²) in [5, 5.41) is 0. The Morgan fingerprint density at radius 3 is 1.13 bits per heavy atom. The standard InChI is InChI=1S/C84H85B.2C2H6.C2H2/c1-16-18-20-25-35-66-44-72(67-36-26-21-27-37-67)49-76(45-66)79-54(4)60(10)82(61(11)55(79)5)85(83-62(12)56(6)80(57(7)63(83)13)77-47-71(53(3)34-19-17-2)46-73(50-77)68-38-28-22-29-39-68)84-64(14)58(8)81(59(9)65(84)15)78-51-74(69-40-30-23-31-41-69)48-75(52-78)70-42-32-24-33-43-70;3*1-2/h16-34,36-52,54,60H,35H2,1-15H3;2*1-2H3;1-2H/b18-16-,19-17-,25-20-,53-34+;;;. The average molecular weight is 1190 g/mol. The Labute approximate surface area is 551 Å². The van der Waals surface area contributed by atoms with Crippen LogP contribution in [0.5, 0.6) is 0 Å². The number of hydrogen-bond donors (Lipinski definition) is 0. The first-order chi connectivity index (χ1) is 44.0. The molecule has 0 bridgehead atoms. The lowest BCUT2D eigenvalue weighted by Crippen LogP contribution is -2.53. The lowest BCUT2D eigenvalue weighted by Gasteiger charge is -2.40. The van der Waals surface area contributed by atoms with Gasteiger partial charge in [-0.2, -0.15) is 0 Å². The van der Waals surface area contributed by atoms with Gasteiger partial charge in [-0.1, -0.05) is 262 Å². The molecule has 0 radical (unpaired) electrons. The van der Waals surface area contributed by atoms with Crippen molar-refractivity contribution in [2.75, 3.05) is 0 Å². The molecule has 0 spiro atoms. The van der Waals surface area contributed by atoms with Crippen molar-refractivity contribution in [2.24, 2.45) is 11.8 Å². The Bertz CT molecular complexity index is 4090. The minimum absolute atomic E-state index is 0.0115. The van der Waals surface area contributed by atoms with Gasteiger partial charge in [0.25, 0.3) is 0 Å². The van der Waals surface area contributed by atoms with E-state index in [2.05, 4.69) is 335 Å². The summed E-state index contributed by atoms with van der Waals surface area (Å²) in [4.78, 5) is 0. The van der Waals surface area contributed by atoms with Crippen LogP contribution >= 0.6 is 0 Å². The molecular weight excluding hydrogens is 1090 g/mol. The van der Waals surface area contributed by atoms with Crippen LogP contribution in [-0.4, -0.2) is 6.71 Å². The van der Waals surface area contributed by atoms with Crippen molar-refractivity contribution in [3.8, 4) is 79.6 Å². The molecule has 0 aliphatic heterocycles. The highest BCUT2D eigenvalue weighted by molar-refractivity contribution is 6.92. The smallest absolute Gasteiger partial charge is 0.124 e. The van der Waals surface area contributed by atoms with E-state index < -0.39 is 0 Å². The van der Waals surface area contributed by atoms with E-state index in [0.717, 1.165) is 6.42 Å². The average Bonchev–Trinajstić information content (AvgIpc) is 0.725. The maximum Gasteiger partial charge on any atom is 0.239 e. The SMILES string of the molecule is C#C.C/C=C\C=C/Cc1cc(C2=C(C)C(C)=C(B(c3c(C)c(C)c(-c4cc(/C(C)=C/C=C\C)cc(-c5ccccc5)c4)c(C)c3C)c3c(C)c(C)c(-c4cc(-c5ccccc5)cc(-c5ccccc5)c4)c(C)c3C)C(C)C2C)cc(-c2ccccc2)c1.CC.CC. The summed E-state index contributed by atoms with van der Waals surface area (Å²) >= 11 is 0. The summed E-state index contributed by atoms with van der Waals surface area (Å²) < 4.78 is 0. The minimum Gasteiger partial charge on any atom is -0.124 e. The van der Waals surface area contributed by atoms with Crippen molar-refractivity contribution in [3.05, 3.63) is 296 Å². The highest BCUT2D eigenvalue weighted by atomic mass is 14.3. The monoisotopic (exact) mass is 1190 g/mol. The number of rotatable bonds is 15. The van der Waals surface area contributed by atoms with Crippen LogP contribution in [0.3, 0.4) is 0 Å². The van der Waals surface area contributed by atoms with Gasteiger partial charge in [-0.25, -0.2) is 0 Å². The topological polar surface area (TPSA) is 0 Å². The first-order valence-electron chi connectivity index (χ1n) is 33.2. The van der Waals surface area contributed by atoms with Gasteiger partial charge in [-0.05, 0) is 273 Å². The molecule has 2 unspecified atom stereocenters. The van der Waals surface area contributed by atoms with E-state index in [9.17, 15) is 0 Å². The summed E-state index contributed by atoms with van der Waals surface area (Å²) in [6, 6.07) is 65.5. The molecule has 1 heteroatoms. The first-order valence-corrected chi connectivity index (χ1v) is 33.2. The molecule has 0 fully saturated rings. The van der Waals surface area contributed by atoms with Crippen molar-refractivity contribution in [2.45, 2.75) is 138 Å². The van der Waals surface area contributed by atoms with Gasteiger partial charge in [0.15, 0.2) is 0 Å². The summed E-state index contributed by atoms with van der Waals surface area (Å²) in [7, 11) is 0. The lowest BCUT2D eigenvalue weighted by molar-refractivity contribution is 0.548. The Balaban J connectivity index is 0.00000190. The van der Waals surface area contributed by atoms with E-state index in [1.165, 1.54) is 167 Å². The van der Waals surface area contributed by atoms with Gasteiger partial charge >= 0.3 is 0 Å². The van der Waals surface area contributed by atoms with Gasteiger partial charge < -0.3 is 0 Å². The molecule has 0 heterocycles. The van der Waals surface area contributed by atoms with E-state index in [-0.39, 0.29) is 18.5 Å². The molecular formula is C90H99B. The van der Waals surface area contributed by atoms with Crippen LogP contribution in [-0.2, 0) is 6.42 Å². The maximum absolute atomic E-state index is 4.00. The molecule has 9 aromatic carbocycles. The fourth-order valence-electron chi connectivity index (χ4n) is 14.1. The second kappa shape index (κ2) is 32.2. The zero-order valence-electron chi connectivity index (χ0n) is 58.4. The van der Waals surface area contributed by atoms with Crippen molar-refractivity contribution < 1.29 is 0 Å². The third kappa shape index (κ3) is 14.8. The van der Waals surface area contributed by atoms with Crippen LogP contribution in [0.2, 0.25) is 0 Å². The molecule has 2 atom stereocenters. The number of benzene rings is 9. The largest absolute Gasteiger partial charge is 0.239 e. The molecule has 0 amide bonds. The van der Waals surface area contributed by atoms with Crippen LogP contribution in [0, 0.1) is 80.1 Å². The Morgan fingerprint density at radius 1 is 0.385 bits per heavy atom. The van der Waals surface area contributed by atoms with Gasteiger partial charge in [0.05, 0.1) is 0 Å². The quantitative estimate of drug-likeness (QED) is 0.0545. The number of allylic oxidation sites excluding steroid dienone is 12. The second-order valence-corrected chi connectivity index (χ2v) is 24.2. The van der Waals surface area contributed by atoms with Crippen LogP contribution in [0.4, 0.5) is 0 Å². The molecule has 0 N–H and O–H groups in total. The van der Waals surface area contributed by atoms with Crippen molar-refractivity contribution >= 4 is 28.8 Å². The van der Waals surface area contributed by atoms with Gasteiger partial charge in [-0.15, -0.1) is 12.8 Å².